The van der Waals surface area contributed by atoms with Gasteiger partial charge >= 0.3 is 0 Å². The highest BCUT2D eigenvalue weighted by Crippen LogP contribution is 2.16. The maximum absolute atomic E-state index is 11.7. The van der Waals surface area contributed by atoms with Gasteiger partial charge in [-0.2, -0.15) is 0 Å². The molecular formula is C16H19N3O2S. The number of primary amides is 1. The van der Waals surface area contributed by atoms with Crippen molar-refractivity contribution in [1.82, 2.24) is 4.57 Å². The molecule has 1 heterocycles. The highest BCUT2D eigenvalue weighted by Gasteiger charge is 2.12. The van der Waals surface area contributed by atoms with Crippen LogP contribution < -0.4 is 10.5 Å². The molecule has 0 bridgehead atoms. The van der Waals surface area contributed by atoms with Gasteiger partial charge in [0.1, 0.15) is 0 Å². The zero-order valence-corrected chi connectivity index (χ0v) is 13.7. The van der Waals surface area contributed by atoms with E-state index in [4.69, 9.17) is 5.73 Å². The maximum atomic E-state index is 11.7. The standard InChI is InChI=1S/C16H19N3O2S/c1-4-19-10(2)15(11(3)20)22-16(19)18-13-7-5-12(6-8-13)9-14(17)21/h5-8H,4,9H2,1-3H3,(H2,17,21). The highest BCUT2D eigenvalue weighted by atomic mass is 32.1. The van der Waals surface area contributed by atoms with Crippen molar-refractivity contribution >= 4 is 28.7 Å². The normalized spacial score (nSPS) is 11.7. The van der Waals surface area contributed by atoms with E-state index in [0.29, 0.717) is 0 Å². The quantitative estimate of drug-likeness (QED) is 0.859. The Morgan fingerprint density at radius 3 is 2.41 bits per heavy atom. The number of hydrogen-bond acceptors (Lipinski definition) is 4. The van der Waals surface area contributed by atoms with E-state index in [9.17, 15) is 9.59 Å². The van der Waals surface area contributed by atoms with Gasteiger partial charge in [0, 0.05) is 19.2 Å². The smallest absolute Gasteiger partial charge is 0.221 e. The molecular weight excluding hydrogens is 298 g/mol. The van der Waals surface area contributed by atoms with E-state index < -0.39 is 0 Å². The minimum absolute atomic E-state index is 0.0583. The third kappa shape index (κ3) is 3.51. The second-order valence-electron chi connectivity index (χ2n) is 5.02. The number of rotatable bonds is 5. The van der Waals surface area contributed by atoms with E-state index in [0.717, 1.165) is 33.2 Å². The molecule has 2 N–H and O–H groups in total. The Balaban J connectivity index is 2.42. The minimum Gasteiger partial charge on any atom is -0.369 e. The topological polar surface area (TPSA) is 77.4 Å². The highest BCUT2D eigenvalue weighted by molar-refractivity contribution is 7.11. The summed E-state index contributed by atoms with van der Waals surface area (Å²) in [5.41, 5.74) is 7.77. The molecule has 1 aromatic heterocycles. The lowest BCUT2D eigenvalue weighted by Crippen LogP contribution is -2.14. The Hall–Kier alpha value is -2.21. The number of amides is 1. The van der Waals surface area contributed by atoms with Crippen LogP contribution in [0.25, 0.3) is 0 Å². The summed E-state index contributed by atoms with van der Waals surface area (Å²) in [6.07, 6.45) is 0.224. The van der Waals surface area contributed by atoms with E-state index in [1.807, 2.05) is 42.7 Å². The van der Waals surface area contributed by atoms with E-state index in [1.165, 1.54) is 11.3 Å². The Kier molecular flexibility index (Phi) is 4.92. The maximum Gasteiger partial charge on any atom is 0.221 e. The fourth-order valence-electron chi connectivity index (χ4n) is 2.27. The van der Waals surface area contributed by atoms with Gasteiger partial charge in [0.05, 0.1) is 17.0 Å². The second kappa shape index (κ2) is 6.70. The van der Waals surface area contributed by atoms with Crippen molar-refractivity contribution in [2.75, 3.05) is 0 Å². The Morgan fingerprint density at radius 2 is 1.91 bits per heavy atom. The van der Waals surface area contributed by atoms with Gasteiger partial charge in [-0.15, -0.1) is 0 Å². The molecule has 116 valence electrons. The van der Waals surface area contributed by atoms with Crippen LogP contribution >= 0.6 is 11.3 Å². The summed E-state index contributed by atoms with van der Waals surface area (Å²) in [6, 6.07) is 7.37. The minimum atomic E-state index is -0.353. The number of nitrogens with zero attached hydrogens (tertiary/aromatic N) is 2. The number of aromatic nitrogens is 1. The Bertz CT molecular complexity index is 770. The van der Waals surface area contributed by atoms with E-state index >= 15 is 0 Å². The van der Waals surface area contributed by atoms with Crippen LogP contribution in [0.5, 0.6) is 0 Å². The molecule has 2 rings (SSSR count). The third-order valence-corrected chi connectivity index (χ3v) is 4.61. The SMILES string of the molecule is CCn1c(C)c(C(C)=O)sc1=Nc1ccc(CC(N)=O)cc1. The van der Waals surface area contributed by atoms with Crippen molar-refractivity contribution in [3.8, 4) is 0 Å². The van der Waals surface area contributed by atoms with Gasteiger partial charge in [-0.25, -0.2) is 4.99 Å². The zero-order valence-electron chi connectivity index (χ0n) is 12.9. The number of nitrogens with two attached hydrogens (primary N) is 1. The summed E-state index contributed by atoms with van der Waals surface area (Å²) in [5, 5.41) is 0. The summed E-state index contributed by atoms with van der Waals surface area (Å²) < 4.78 is 2.03. The number of carbonyl (C=O) groups is 2. The van der Waals surface area contributed by atoms with Crippen molar-refractivity contribution < 1.29 is 9.59 Å². The van der Waals surface area contributed by atoms with Crippen LogP contribution in [-0.4, -0.2) is 16.3 Å². The van der Waals surface area contributed by atoms with Crippen LogP contribution in [0.4, 0.5) is 5.69 Å². The molecule has 1 aromatic carbocycles. The molecule has 0 spiro atoms. The van der Waals surface area contributed by atoms with Crippen LogP contribution in [-0.2, 0) is 17.8 Å². The average Bonchev–Trinajstić information content (AvgIpc) is 2.76. The van der Waals surface area contributed by atoms with Crippen molar-refractivity contribution in [3.05, 3.63) is 45.2 Å². The van der Waals surface area contributed by atoms with Crippen molar-refractivity contribution in [2.24, 2.45) is 10.7 Å². The second-order valence-corrected chi connectivity index (χ2v) is 6.00. The molecule has 0 saturated heterocycles. The number of thiazole rings is 1. The molecule has 2 aromatic rings. The largest absolute Gasteiger partial charge is 0.369 e. The number of ketones is 1. The summed E-state index contributed by atoms with van der Waals surface area (Å²) in [6.45, 7) is 6.29. The molecule has 0 aliphatic heterocycles. The molecule has 6 heteroatoms. The summed E-state index contributed by atoms with van der Waals surface area (Å²) >= 11 is 1.40. The van der Waals surface area contributed by atoms with Crippen LogP contribution in [0.2, 0.25) is 0 Å². The van der Waals surface area contributed by atoms with Crippen LogP contribution in [0.1, 0.15) is 34.8 Å². The Morgan fingerprint density at radius 1 is 1.27 bits per heavy atom. The molecule has 5 nitrogen and oxygen atoms in total. The molecule has 1 amide bonds. The van der Waals surface area contributed by atoms with Crippen molar-refractivity contribution in [3.63, 3.8) is 0 Å². The summed E-state index contributed by atoms with van der Waals surface area (Å²) in [5.74, 6) is -0.295. The first-order valence-electron chi connectivity index (χ1n) is 7.05. The predicted molar refractivity (Wildman–Crippen MR) is 87.3 cm³/mol. The van der Waals surface area contributed by atoms with Crippen molar-refractivity contribution in [2.45, 2.75) is 33.7 Å². The lowest BCUT2D eigenvalue weighted by molar-refractivity contribution is -0.117. The van der Waals surface area contributed by atoms with Crippen LogP contribution in [0.15, 0.2) is 29.3 Å². The third-order valence-electron chi connectivity index (χ3n) is 3.33. The first-order valence-corrected chi connectivity index (χ1v) is 7.87. The van der Waals surface area contributed by atoms with Gasteiger partial charge in [-0.3, -0.25) is 9.59 Å². The lowest BCUT2D eigenvalue weighted by atomic mass is 10.1. The number of Topliss-reactive ketones (excluding diaryl/α,β-unsaturated/α-hetero) is 1. The summed E-state index contributed by atoms with van der Waals surface area (Å²) in [4.78, 5) is 28.7. The van der Waals surface area contributed by atoms with Crippen LogP contribution in [0.3, 0.4) is 0 Å². The van der Waals surface area contributed by atoms with Gasteiger partial charge in [0.25, 0.3) is 0 Å². The Labute approximate surface area is 133 Å². The number of benzene rings is 1. The number of carbonyl (C=O) groups excluding carboxylic acids is 2. The zero-order chi connectivity index (χ0) is 16.3. The first kappa shape index (κ1) is 16.2. The van der Waals surface area contributed by atoms with Gasteiger partial charge in [0.15, 0.2) is 10.6 Å². The fourth-order valence-corrected chi connectivity index (χ4v) is 3.38. The molecule has 0 aliphatic carbocycles. The molecule has 0 atom stereocenters. The molecule has 0 aliphatic rings. The lowest BCUT2D eigenvalue weighted by Gasteiger charge is -2.02. The molecule has 22 heavy (non-hydrogen) atoms. The van der Waals surface area contributed by atoms with Gasteiger partial charge in [-0.05, 0) is 31.5 Å². The van der Waals surface area contributed by atoms with Crippen molar-refractivity contribution in [1.29, 1.82) is 0 Å². The van der Waals surface area contributed by atoms with E-state index in [2.05, 4.69) is 4.99 Å². The average molecular weight is 317 g/mol. The van der Waals surface area contributed by atoms with Gasteiger partial charge in [0.2, 0.25) is 5.91 Å². The van der Waals surface area contributed by atoms with Gasteiger partial charge in [-0.1, -0.05) is 23.5 Å². The monoisotopic (exact) mass is 317 g/mol. The molecule has 0 radical (unpaired) electrons. The van der Waals surface area contributed by atoms with Gasteiger partial charge < -0.3 is 10.3 Å². The first-order chi connectivity index (χ1) is 10.4. The molecule has 0 unspecified atom stereocenters. The van der Waals surface area contributed by atoms with E-state index in [1.54, 1.807) is 6.92 Å². The number of hydrogen-bond donors (Lipinski definition) is 1. The fraction of sp³-hybridized carbons (Fsp3) is 0.312. The molecule has 0 fully saturated rings. The predicted octanol–water partition coefficient (Wildman–Crippen LogP) is 2.34. The van der Waals surface area contributed by atoms with Crippen LogP contribution in [0, 0.1) is 6.92 Å². The molecule has 0 saturated carbocycles. The summed E-state index contributed by atoms with van der Waals surface area (Å²) in [7, 11) is 0. The van der Waals surface area contributed by atoms with E-state index in [-0.39, 0.29) is 18.1 Å².